The lowest BCUT2D eigenvalue weighted by atomic mass is 10.3. The largest absolute Gasteiger partial charge is 0.398 e. The van der Waals surface area contributed by atoms with Crippen molar-refractivity contribution in [2.45, 2.75) is 10.6 Å². The van der Waals surface area contributed by atoms with Crippen LogP contribution in [-0.2, 0) is 5.75 Å². The maximum Gasteiger partial charge on any atom is 0.0646 e. The molecule has 0 amide bonds. The van der Waals surface area contributed by atoms with Crippen molar-refractivity contribution < 1.29 is 0 Å². The first-order chi connectivity index (χ1) is 7.75. The minimum Gasteiger partial charge on any atom is -0.398 e. The van der Waals surface area contributed by atoms with Gasteiger partial charge in [0, 0.05) is 23.0 Å². The van der Waals surface area contributed by atoms with E-state index in [4.69, 9.17) is 17.3 Å². The molecule has 0 fully saturated rings. The highest BCUT2D eigenvalue weighted by Crippen LogP contribution is 2.28. The second kappa shape index (κ2) is 5.23. The highest BCUT2D eigenvalue weighted by molar-refractivity contribution is 7.98. The van der Waals surface area contributed by atoms with Gasteiger partial charge in [-0.2, -0.15) is 0 Å². The van der Waals surface area contributed by atoms with Crippen LogP contribution >= 0.6 is 23.4 Å². The molecule has 0 aliphatic carbocycles. The normalized spacial score (nSPS) is 10.3. The maximum absolute atomic E-state index is 5.94. The molecule has 82 valence electrons. The van der Waals surface area contributed by atoms with Crippen molar-refractivity contribution in [1.29, 1.82) is 0 Å². The molecular weight excluding hydrogens is 240 g/mol. The summed E-state index contributed by atoms with van der Waals surface area (Å²) < 4.78 is 0. The molecule has 0 aliphatic heterocycles. The monoisotopic (exact) mass is 250 g/mol. The van der Waals surface area contributed by atoms with Crippen LogP contribution in [0.4, 0.5) is 5.69 Å². The summed E-state index contributed by atoms with van der Waals surface area (Å²) in [6.45, 7) is 0. The first-order valence-corrected chi connectivity index (χ1v) is 6.19. The van der Waals surface area contributed by atoms with Gasteiger partial charge in [-0.3, -0.25) is 4.98 Å². The Morgan fingerprint density at radius 2 is 2.19 bits per heavy atom. The summed E-state index contributed by atoms with van der Waals surface area (Å²) in [6.07, 6.45) is 3.64. The molecule has 2 aromatic rings. The lowest BCUT2D eigenvalue weighted by Gasteiger charge is -2.03. The molecule has 2 N–H and O–H groups in total. The van der Waals surface area contributed by atoms with Gasteiger partial charge < -0.3 is 5.73 Å². The number of halogens is 1. The molecule has 0 saturated heterocycles. The number of nitrogen functional groups attached to an aromatic ring is 1. The summed E-state index contributed by atoms with van der Waals surface area (Å²) in [5, 5.41) is 0.608. The number of pyridine rings is 1. The molecule has 2 rings (SSSR count). The summed E-state index contributed by atoms with van der Waals surface area (Å²) in [7, 11) is 0. The Hall–Kier alpha value is -1.19. The van der Waals surface area contributed by atoms with Crippen LogP contribution in [0.2, 0.25) is 5.02 Å². The topological polar surface area (TPSA) is 38.9 Å². The van der Waals surface area contributed by atoms with E-state index in [1.54, 1.807) is 18.0 Å². The molecule has 4 heteroatoms. The third kappa shape index (κ3) is 2.90. The van der Waals surface area contributed by atoms with Crippen LogP contribution in [0.25, 0.3) is 0 Å². The van der Waals surface area contributed by atoms with E-state index in [-0.39, 0.29) is 0 Å². The van der Waals surface area contributed by atoms with Gasteiger partial charge in [-0.05, 0) is 29.8 Å². The van der Waals surface area contributed by atoms with Crippen LogP contribution in [0.15, 0.2) is 47.6 Å². The average Bonchev–Trinajstić information content (AvgIpc) is 2.32. The molecule has 0 atom stereocenters. The molecule has 0 spiro atoms. The van der Waals surface area contributed by atoms with E-state index >= 15 is 0 Å². The second-order valence-corrected chi connectivity index (χ2v) is 4.79. The van der Waals surface area contributed by atoms with Crippen molar-refractivity contribution >= 4 is 29.1 Å². The van der Waals surface area contributed by atoms with Gasteiger partial charge in [0.15, 0.2) is 0 Å². The quantitative estimate of drug-likeness (QED) is 0.668. The number of rotatable bonds is 3. The second-order valence-electron chi connectivity index (χ2n) is 3.33. The average molecular weight is 251 g/mol. The Balaban J connectivity index is 2.03. The Kier molecular flexibility index (Phi) is 3.70. The molecule has 0 saturated carbocycles. The van der Waals surface area contributed by atoms with Crippen LogP contribution < -0.4 is 5.73 Å². The minimum atomic E-state index is 0.608. The van der Waals surface area contributed by atoms with Gasteiger partial charge in [-0.1, -0.05) is 17.7 Å². The Labute approximate surface area is 104 Å². The SMILES string of the molecule is Nc1ccc(SCc2cccnc2)cc1Cl. The highest BCUT2D eigenvalue weighted by atomic mass is 35.5. The van der Waals surface area contributed by atoms with E-state index in [2.05, 4.69) is 11.1 Å². The van der Waals surface area contributed by atoms with E-state index < -0.39 is 0 Å². The van der Waals surface area contributed by atoms with Crippen LogP contribution in [-0.4, -0.2) is 4.98 Å². The lowest BCUT2D eigenvalue weighted by molar-refractivity contribution is 1.25. The van der Waals surface area contributed by atoms with Crippen molar-refractivity contribution in [1.82, 2.24) is 4.98 Å². The molecular formula is C12H11ClN2S. The number of anilines is 1. The fraction of sp³-hybridized carbons (Fsp3) is 0.0833. The summed E-state index contributed by atoms with van der Waals surface area (Å²) in [6, 6.07) is 9.68. The zero-order valence-corrected chi connectivity index (χ0v) is 10.1. The molecule has 16 heavy (non-hydrogen) atoms. The molecule has 0 unspecified atom stereocenters. The van der Waals surface area contributed by atoms with Gasteiger partial charge in [0.05, 0.1) is 10.7 Å². The third-order valence-electron chi connectivity index (χ3n) is 2.10. The van der Waals surface area contributed by atoms with Gasteiger partial charge >= 0.3 is 0 Å². The molecule has 0 radical (unpaired) electrons. The number of benzene rings is 1. The predicted molar refractivity (Wildman–Crippen MR) is 69.7 cm³/mol. The molecule has 0 aliphatic rings. The maximum atomic E-state index is 5.94. The number of nitrogens with zero attached hydrogens (tertiary/aromatic N) is 1. The summed E-state index contributed by atoms with van der Waals surface area (Å²) >= 11 is 7.66. The van der Waals surface area contributed by atoms with Crippen molar-refractivity contribution in [2.24, 2.45) is 0 Å². The van der Waals surface area contributed by atoms with Crippen molar-refractivity contribution in [3.8, 4) is 0 Å². The van der Waals surface area contributed by atoms with Gasteiger partial charge in [-0.15, -0.1) is 11.8 Å². The summed E-state index contributed by atoms with van der Waals surface area (Å²) in [4.78, 5) is 5.18. The van der Waals surface area contributed by atoms with Crippen molar-refractivity contribution in [3.05, 3.63) is 53.3 Å². The van der Waals surface area contributed by atoms with E-state index in [1.165, 1.54) is 5.56 Å². The molecule has 1 heterocycles. The summed E-state index contributed by atoms with van der Waals surface area (Å²) in [5.74, 6) is 0.883. The molecule has 1 aromatic heterocycles. The Morgan fingerprint density at radius 1 is 1.31 bits per heavy atom. The first kappa shape index (κ1) is 11.3. The highest BCUT2D eigenvalue weighted by Gasteiger charge is 2.00. The Bertz CT molecular complexity index is 474. The van der Waals surface area contributed by atoms with Gasteiger partial charge in [0.25, 0.3) is 0 Å². The Morgan fingerprint density at radius 3 is 2.88 bits per heavy atom. The van der Waals surface area contributed by atoms with Crippen molar-refractivity contribution in [2.75, 3.05) is 5.73 Å². The third-order valence-corrected chi connectivity index (χ3v) is 3.49. The van der Waals surface area contributed by atoms with Crippen LogP contribution in [0.1, 0.15) is 5.56 Å². The van der Waals surface area contributed by atoms with E-state index in [1.807, 2.05) is 30.5 Å². The molecule has 0 bridgehead atoms. The van der Waals surface area contributed by atoms with Crippen LogP contribution in [0, 0.1) is 0 Å². The number of thioether (sulfide) groups is 1. The van der Waals surface area contributed by atoms with Gasteiger partial charge in [0.1, 0.15) is 0 Å². The fourth-order valence-electron chi connectivity index (χ4n) is 1.25. The van der Waals surface area contributed by atoms with E-state index in [0.29, 0.717) is 10.7 Å². The zero-order valence-electron chi connectivity index (χ0n) is 8.56. The predicted octanol–water partition coefficient (Wildman–Crippen LogP) is 3.61. The first-order valence-electron chi connectivity index (χ1n) is 4.82. The fourth-order valence-corrected chi connectivity index (χ4v) is 2.36. The molecule has 2 nitrogen and oxygen atoms in total. The molecule has 1 aromatic carbocycles. The standard InChI is InChI=1S/C12H11ClN2S/c13-11-6-10(3-4-12(11)14)16-8-9-2-1-5-15-7-9/h1-7H,8,14H2. The van der Waals surface area contributed by atoms with E-state index in [9.17, 15) is 0 Å². The van der Waals surface area contributed by atoms with Gasteiger partial charge in [0.2, 0.25) is 0 Å². The van der Waals surface area contributed by atoms with Gasteiger partial charge in [-0.25, -0.2) is 0 Å². The van der Waals surface area contributed by atoms with Crippen molar-refractivity contribution in [3.63, 3.8) is 0 Å². The van der Waals surface area contributed by atoms with E-state index in [0.717, 1.165) is 10.6 Å². The van der Waals surface area contributed by atoms with Crippen LogP contribution in [0.3, 0.4) is 0 Å². The lowest BCUT2D eigenvalue weighted by Crippen LogP contribution is -1.86. The minimum absolute atomic E-state index is 0.608. The number of nitrogens with two attached hydrogens (primary N) is 1. The number of hydrogen-bond acceptors (Lipinski definition) is 3. The smallest absolute Gasteiger partial charge is 0.0646 e. The zero-order chi connectivity index (χ0) is 11.4. The van der Waals surface area contributed by atoms with Crippen LogP contribution in [0.5, 0.6) is 0 Å². The summed E-state index contributed by atoms with van der Waals surface area (Å²) in [5.41, 5.74) is 7.46. The number of hydrogen-bond donors (Lipinski definition) is 1. The number of aromatic nitrogens is 1.